The van der Waals surface area contributed by atoms with Crippen molar-refractivity contribution in [1.29, 1.82) is 0 Å². The number of aliphatic hydroxyl groups excluding tert-OH is 1. The fourth-order valence-corrected chi connectivity index (χ4v) is 2.26. The summed E-state index contributed by atoms with van der Waals surface area (Å²) in [5.41, 5.74) is 2.16. The van der Waals surface area contributed by atoms with E-state index in [0.717, 1.165) is 12.1 Å². The van der Waals surface area contributed by atoms with Crippen LogP contribution in [-0.4, -0.2) is 29.6 Å². The van der Waals surface area contributed by atoms with Crippen LogP contribution in [0.4, 0.5) is 0 Å². The molecule has 0 aliphatic carbocycles. The molecule has 0 fully saturated rings. The molecular formula is C19H23NO. The number of benzene rings is 2. The summed E-state index contributed by atoms with van der Waals surface area (Å²) in [5, 5.41) is 10.4. The summed E-state index contributed by atoms with van der Waals surface area (Å²) in [4.78, 5) is 2.15. The molecule has 110 valence electrons. The van der Waals surface area contributed by atoms with E-state index in [9.17, 15) is 5.11 Å². The van der Waals surface area contributed by atoms with Crippen molar-refractivity contribution in [1.82, 2.24) is 4.90 Å². The van der Waals surface area contributed by atoms with E-state index in [1.807, 2.05) is 62.5 Å². The molecule has 0 saturated carbocycles. The van der Waals surface area contributed by atoms with Gasteiger partial charge in [0.15, 0.2) is 0 Å². The molecule has 0 unspecified atom stereocenters. The zero-order chi connectivity index (χ0) is 15.1. The molecular weight excluding hydrogens is 258 g/mol. The molecule has 21 heavy (non-hydrogen) atoms. The summed E-state index contributed by atoms with van der Waals surface area (Å²) < 4.78 is 0. The number of aliphatic hydroxyl groups is 1. The Hall–Kier alpha value is -1.90. The Morgan fingerprint density at radius 3 is 2.19 bits per heavy atom. The SMILES string of the molecule is C[C@H]([C@@H](O)c1ccccc1)N(C)C/C=C/c1ccccc1. The Balaban J connectivity index is 1.91. The van der Waals surface area contributed by atoms with E-state index in [1.54, 1.807) is 0 Å². The summed E-state index contributed by atoms with van der Waals surface area (Å²) in [6, 6.07) is 20.1. The van der Waals surface area contributed by atoms with Gasteiger partial charge in [-0.1, -0.05) is 72.8 Å². The molecule has 2 heteroatoms. The van der Waals surface area contributed by atoms with E-state index in [0.29, 0.717) is 0 Å². The topological polar surface area (TPSA) is 23.5 Å². The van der Waals surface area contributed by atoms with Crippen molar-refractivity contribution in [3.63, 3.8) is 0 Å². The van der Waals surface area contributed by atoms with Gasteiger partial charge in [-0.3, -0.25) is 4.90 Å². The van der Waals surface area contributed by atoms with Gasteiger partial charge in [-0.25, -0.2) is 0 Å². The smallest absolute Gasteiger partial charge is 0.0942 e. The maximum Gasteiger partial charge on any atom is 0.0942 e. The quantitative estimate of drug-likeness (QED) is 0.871. The standard InChI is InChI=1S/C19H23NO/c1-16(19(21)18-13-7-4-8-14-18)20(2)15-9-12-17-10-5-3-6-11-17/h3-14,16,19,21H,15H2,1-2H3/b12-9+/t16-,19-/m1/s1. The van der Waals surface area contributed by atoms with Gasteiger partial charge in [-0.05, 0) is 25.1 Å². The van der Waals surface area contributed by atoms with Gasteiger partial charge in [0.2, 0.25) is 0 Å². The molecule has 2 aromatic rings. The number of likely N-dealkylation sites (N-methyl/N-ethyl adjacent to an activating group) is 1. The molecule has 0 radical (unpaired) electrons. The first-order valence-corrected chi connectivity index (χ1v) is 7.33. The number of hydrogen-bond donors (Lipinski definition) is 1. The molecule has 0 aromatic heterocycles. The van der Waals surface area contributed by atoms with Crippen LogP contribution in [0.3, 0.4) is 0 Å². The largest absolute Gasteiger partial charge is 0.387 e. The van der Waals surface area contributed by atoms with Gasteiger partial charge in [0.1, 0.15) is 0 Å². The molecule has 0 aliphatic rings. The summed E-state index contributed by atoms with van der Waals surface area (Å²) >= 11 is 0. The van der Waals surface area contributed by atoms with Gasteiger partial charge in [0, 0.05) is 12.6 Å². The summed E-state index contributed by atoms with van der Waals surface area (Å²) in [6.07, 6.45) is 3.77. The molecule has 1 N–H and O–H groups in total. The van der Waals surface area contributed by atoms with Crippen LogP contribution in [0.15, 0.2) is 66.7 Å². The van der Waals surface area contributed by atoms with Crippen molar-refractivity contribution < 1.29 is 5.11 Å². The van der Waals surface area contributed by atoms with E-state index in [2.05, 4.69) is 29.2 Å². The fraction of sp³-hybridized carbons (Fsp3) is 0.263. The molecule has 0 heterocycles. The lowest BCUT2D eigenvalue weighted by Gasteiger charge is -2.28. The number of nitrogens with zero attached hydrogens (tertiary/aromatic N) is 1. The van der Waals surface area contributed by atoms with Crippen LogP contribution in [0, 0.1) is 0 Å². The van der Waals surface area contributed by atoms with Crippen LogP contribution in [0.2, 0.25) is 0 Å². The van der Waals surface area contributed by atoms with Crippen molar-refractivity contribution >= 4 is 6.08 Å². The number of hydrogen-bond acceptors (Lipinski definition) is 2. The molecule has 2 rings (SSSR count). The van der Waals surface area contributed by atoms with Crippen molar-refractivity contribution in [2.24, 2.45) is 0 Å². The van der Waals surface area contributed by atoms with E-state index in [1.165, 1.54) is 5.56 Å². The normalized spacial score (nSPS) is 14.5. The third kappa shape index (κ3) is 4.55. The van der Waals surface area contributed by atoms with Gasteiger partial charge in [-0.15, -0.1) is 0 Å². The van der Waals surface area contributed by atoms with Crippen LogP contribution >= 0.6 is 0 Å². The fourth-order valence-electron chi connectivity index (χ4n) is 2.26. The maximum absolute atomic E-state index is 10.4. The Morgan fingerprint density at radius 1 is 1.00 bits per heavy atom. The average molecular weight is 281 g/mol. The van der Waals surface area contributed by atoms with Gasteiger partial charge in [-0.2, -0.15) is 0 Å². The maximum atomic E-state index is 10.4. The van der Waals surface area contributed by atoms with Crippen molar-refractivity contribution in [2.75, 3.05) is 13.6 Å². The Morgan fingerprint density at radius 2 is 1.57 bits per heavy atom. The summed E-state index contributed by atoms with van der Waals surface area (Å²) in [6.45, 7) is 2.86. The highest BCUT2D eigenvalue weighted by Gasteiger charge is 2.19. The molecule has 2 aromatic carbocycles. The third-order valence-electron chi connectivity index (χ3n) is 3.80. The summed E-state index contributed by atoms with van der Waals surface area (Å²) in [7, 11) is 2.03. The zero-order valence-corrected chi connectivity index (χ0v) is 12.7. The molecule has 0 aliphatic heterocycles. The van der Waals surface area contributed by atoms with Crippen LogP contribution in [0.1, 0.15) is 24.2 Å². The van der Waals surface area contributed by atoms with Gasteiger partial charge < -0.3 is 5.11 Å². The molecule has 0 bridgehead atoms. The lowest BCUT2D eigenvalue weighted by molar-refractivity contribution is 0.0787. The second kappa shape index (κ2) is 7.77. The van der Waals surface area contributed by atoms with Crippen LogP contribution < -0.4 is 0 Å². The molecule has 2 atom stereocenters. The molecule has 0 saturated heterocycles. The monoisotopic (exact) mass is 281 g/mol. The van der Waals surface area contributed by atoms with Gasteiger partial charge >= 0.3 is 0 Å². The van der Waals surface area contributed by atoms with Crippen molar-refractivity contribution in [3.8, 4) is 0 Å². The van der Waals surface area contributed by atoms with Crippen LogP contribution in [0.25, 0.3) is 6.08 Å². The Bertz CT molecular complexity index is 550. The second-order valence-electron chi connectivity index (χ2n) is 5.35. The Labute approximate surface area is 127 Å². The predicted octanol–water partition coefficient (Wildman–Crippen LogP) is 3.75. The van der Waals surface area contributed by atoms with Crippen LogP contribution in [0.5, 0.6) is 0 Å². The van der Waals surface area contributed by atoms with E-state index in [4.69, 9.17) is 0 Å². The minimum absolute atomic E-state index is 0.0628. The van der Waals surface area contributed by atoms with Crippen LogP contribution in [-0.2, 0) is 0 Å². The minimum atomic E-state index is -0.471. The third-order valence-corrected chi connectivity index (χ3v) is 3.80. The zero-order valence-electron chi connectivity index (χ0n) is 12.7. The second-order valence-corrected chi connectivity index (χ2v) is 5.35. The first-order valence-electron chi connectivity index (χ1n) is 7.33. The van der Waals surface area contributed by atoms with E-state index >= 15 is 0 Å². The lowest BCUT2D eigenvalue weighted by atomic mass is 10.0. The molecule has 2 nitrogen and oxygen atoms in total. The summed E-state index contributed by atoms with van der Waals surface area (Å²) in [5.74, 6) is 0. The highest BCUT2D eigenvalue weighted by atomic mass is 16.3. The molecule has 0 spiro atoms. The highest BCUT2D eigenvalue weighted by molar-refractivity contribution is 5.48. The Kier molecular flexibility index (Phi) is 5.73. The minimum Gasteiger partial charge on any atom is -0.387 e. The highest BCUT2D eigenvalue weighted by Crippen LogP contribution is 2.19. The van der Waals surface area contributed by atoms with Gasteiger partial charge in [0.05, 0.1) is 6.10 Å². The van der Waals surface area contributed by atoms with Gasteiger partial charge in [0.25, 0.3) is 0 Å². The first kappa shape index (κ1) is 15.5. The number of rotatable bonds is 6. The lowest BCUT2D eigenvalue weighted by Crippen LogP contribution is -2.34. The average Bonchev–Trinajstić information content (AvgIpc) is 2.55. The first-order chi connectivity index (χ1) is 10.2. The van der Waals surface area contributed by atoms with E-state index < -0.39 is 6.10 Å². The predicted molar refractivity (Wildman–Crippen MR) is 89.0 cm³/mol. The van der Waals surface area contributed by atoms with Crippen molar-refractivity contribution in [2.45, 2.75) is 19.1 Å². The van der Waals surface area contributed by atoms with E-state index in [-0.39, 0.29) is 6.04 Å². The van der Waals surface area contributed by atoms with Crippen molar-refractivity contribution in [3.05, 3.63) is 77.9 Å². The molecule has 0 amide bonds.